The van der Waals surface area contributed by atoms with Gasteiger partial charge in [0.1, 0.15) is 5.82 Å². The molecule has 0 unspecified atom stereocenters. The summed E-state index contributed by atoms with van der Waals surface area (Å²) >= 11 is 0. The SMILES string of the molecule is CC(C)c1c(C(=O)Nc2ccccc2)c(-c2ccccc2)c(-c2ccc(F)cc2)n1CC[C@@H](O)C[C@@H](O)CC(=O)O.O.O.O.O.O.[SrH2]. The number of aliphatic carboxylic acids is 1. The standard InChI is InChI=1S/C33H35FN2O5.5H2O.Sr.2H/c1-21(2)31-30(33(41)35-25-11-7-4-8-12-25)29(22-9-5-3-6-10-22)32(23-13-15-24(34)16-14-23)36(31)18-17-26(37)19-27(38)20-28(39)40;;;;;;;;/h3-16,21,26-27,37-38H,17-20H2,1-2H3,(H,35,41)(H,39,40);5*1H2;;;/t26-,27-;;;;;;;;/m1......../s1. The monoisotopic (exact) mass is 738 g/mol. The Hall–Kier alpha value is -2.99. The van der Waals surface area contributed by atoms with Gasteiger partial charge in [-0.25, -0.2) is 4.39 Å². The topological polar surface area (TPSA) is 269 Å². The molecule has 0 bridgehead atoms. The molecule has 0 spiro atoms. The van der Waals surface area contributed by atoms with E-state index in [4.69, 9.17) is 5.11 Å². The molecule has 0 fully saturated rings. The van der Waals surface area contributed by atoms with Crippen molar-refractivity contribution in [2.24, 2.45) is 0 Å². The first-order valence-electron chi connectivity index (χ1n) is 13.7. The molecule has 14 heteroatoms. The number of hydrogen-bond acceptors (Lipinski definition) is 4. The quantitative estimate of drug-likeness (QED) is 0.156. The number of carbonyl (C=O) groups excluding carboxylic acids is 1. The zero-order valence-corrected chi connectivity index (χ0v) is 25.6. The summed E-state index contributed by atoms with van der Waals surface area (Å²) < 4.78 is 16.0. The number of benzene rings is 3. The van der Waals surface area contributed by atoms with Gasteiger partial charge in [-0.3, -0.25) is 9.59 Å². The van der Waals surface area contributed by atoms with Crippen molar-refractivity contribution in [3.05, 3.63) is 102 Å². The molecular weight excluding hydrogens is 691 g/mol. The Morgan fingerprint density at radius 2 is 1.32 bits per heavy atom. The molecule has 0 saturated carbocycles. The molecule has 258 valence electrons. The molecular formula is C33H47FN2O10Sr. The molecule has 1 amide bonds. The first-order valence-corrected chi connectivity index (χ1v) is 13.7. The Labute approximate surface area is 309 Å². The third kappa shape index (κ3) is 12.5. The molecule has 14 N–H and O–H groups in total. The van der Waals surface area contributed by atoms with E-state index < -0.39 is 24.6 Å². The van der Waals surface area contributed by atoms with Crippen LogP contribution in [0, 0.1) is 5.82 Å². The number of rotatable bonds is 12. The van der Waals surface area contributed by atoms with E-state index in [-0.39, 0.29) is 110 Å². The molecule has 0 radical (unpaired) electrons. The third-order valence-corrected chi connectivity index (χ3v) is 6.93. The van der Waals surface area contributed by atoms with Crippen LogP contribution >= 0.6 is 0 Å². The molecule has 12 nitrogen and oxygen atoms in total. The van der Waals surface area contributed by atoms with Gasteiger partial charge in [0.15, 0.2) is 0 Å². The number of nitrogens with one attached hydrogen (secondary N) is 1. The van der Waals surface area contributed by atoms with Crippen LogP contribution in [0.25, 0.3) is 22.4 Å². The molecule has 0 saturated heterocycles. The minimum atomic E-state index is -1.18. The summed E-state index contributed by atoms with van der Waals surface area (Å²) in [4.78, 5) is 25.0. The predicted molar refractivity (Wildman–Crippen MR) is 184 cm³/mol. The first kappa shape index (κ1) is 48.4. The van der Waals surface area contributed by atoms with Gasteiger partial charge in [-0.1, -0.05) is 62.4 Å². The van der Waals surface area contributed by atoms with Gasteiger partial charge in [-0.05, 0) is 66.3 Å². The number of carboxylic acid groups (broad SMARTS) is 1. The van der Waals surface area contributed by atoms with Gasteiger partial charge < -0.3 is 52.6 Å². The van der Waals surface area contributed by atoms with E-state index in [9.17, 15) is 24.2 Å². The van der Waals surface area contributed by atoms with Gasteiger partial charge in [0.05, 0.1) is 29.9 Å². The summed E-state index contributed by atoms with van der Waals surface area (Å²) in [6.45, 7) is 4.25. The molecule has 0 aliphatic heterocycles. The number of para-hydroxylation sites is 1. The van der Waals surface area contributed by atoms with Crippen LogP contribution in [0.5, 0.6) is 0 Å². The van der Waals surface area contributed by atoms with Crippen LogP contribution in [0.1, 0.15) is 55.1 Å². The predicted octanol–water partition coefficient (Wildman–Crippen LogP) is 1.27. The second-order valence-electron chi connectivity index (χ2n) is 10.4. The fourth-order valence-electron chi connectivity index (χ4n) is 5.20. The summed E-state index contributed by atoms with van der Waals surface area (Å²) in [7, 11) is 0. The van der Waals surface area contributed by atoms with Crippen molar-refractivity contribution < 1.29 is 56.7 Å². The molecule has 1 aromatic heterocycles. The summed E-state index contributed by atoms with van der Waals surface area (Å²) in [5, 5.41) is 32.8. The number of anilines is 1. The van der Waals surface area contributed by atoms with Crippen LogP contribution in [0.3, 0.4) is 0 Å². The Kier molecular flexibility index (Phi) is 23.2. The van der Waals surface area contributed by atoms with Crippen molar-refractivity contribution in [2.45, 2.75) is 57.8 Å². The molecule has 2 atom stereocenters. The van der Waals surface area contributed by atoms with E-state index in [0.717, 1.165) is 11.3 Å². The van der Waals surface area contributed by atoms with Gasteiger partial charge >= 0.3 is 51.5 Å². The van der Waals surface area contributed by atoms with Gasteiger partial charge in [0.25, 0.3) is 5.91 Å². The average Bonchev–Trinajstić information content (AvgIpc) is 3.28. The number of halogens is 1. The van der Waals surface area contributed by atoms with Crippen molar-refractivity contribution in [3.63, 3.8) is 0 Å². The summed E-state index contributed by atoms with van der Waals surface area (Å²) in [6.07, 6.45) is -2.51. The second kappa shape index (κ2) is 22.6. The molecule has 47 heavy (non-hydrogen) atoms. The van der Waals surface area contributed by atoms with Gasteiger partial charge in [-0.15, -0.1) is 0 Å². The zero-order valence-electron chi connectivity index (χ0n) is 25.6. The van der Waals surface area contributed by atoms with Crippen molar-refractivity contribution in [3.8, 4) is 22.4 Å². The van der Waals surface area contributed by atoms with Gasteiger partial charge in [0, 0.05) is 23.5 Å². The Bertz CT molecular complexity index is 1490. The van der Waals surface area contributed by atoms with E-state index in [1.54, 1.807) is 12.1 Å². The third-order valence-electron chi connectivity index (χ3n) is 6.93. The van der Waals surface area contributed by atoms with Crippen LogP contribution in [0.15, 0.2) is 84.9 Å². The van der Waals surface area contributed by atoms with E-state index in [1.807, 2.05) is 79.1 Å². The number of carboxylic acids is 1. The minimum absolute atomic E-state index is 0. The summed E-state index contributed by atoms with van der Waals surface area (Å²) in [6, 6.07) is 24.8. The fraction of sp³-hybridized carbons (Fsp3) is 0.273. The van der Waals surface area contributed by atoms with Crippen molar-refractivity contribution in [1.82, 2.24) is 4.57 Å². The Morgan fingerprint density at radius 3 is 1.83 bits per heavy atom. The number of hydrogen-bond donors (Lipinski definition) is 4. The molecule has 0 aliphatic rings. The Balaban J connectivity index is -0.00000323. The maximum absolute atomic E-state index is 14.0. The van der Waals surface area contributed by atoms with Crippen molar-refractivity contribution in [2.75, 3.05) is 5.32 Å². The summed E-state index contributed by atoms with van der Waals surface area (Å²) in [5.41, 5.74) is 4.77. The molecule has 3 aromatic carbocycles. The Morgan fingerprint density at radius 1 is 0.787 bits per heavy atom. The van der Waals surface area contributed by atoms with Crippen molar-refractivity contribution in [1.29, 1.82) is 0 Å². The van der Waals surface area contributed by atoms with Crippen LogP contribution in [0.2, 0.25) is 0 Å². The summed E-state index contributed by atoms with van der Waals surface area (Å²) in [5.74, 6) is -1.93. The zero-order chi connectivity index (χ0) is 29.5. The van der Waals surface area contributed by atoms with E-state index in [0.29, 0.717) is 28.1 Å². The van der Waals surface area contributed by atoms with Crippen LogP contribution < -0.4 is 5.32 Å². The van der Waals surface area contributed by atoms with E-state index in [1.165, 1.54) is 12.1 Å². The number of carbonyl (C=O) groups is 2. The average molecular weight is 738 g/mol. The van der Waals surface area contributed by atoms with E-state index in [2.05, 4.69) is 5.32 Å². The molecule has 4 aromatic rings. The normalized spacial score (nSPS) is 11.1. The number of amides is 1. The first-order chi connectivity index (χ1) is 19.7. The second-order valence-corrected chi connectivity index (χ2v) is 10.4. The van der Waals surface area contributed by atoms with Crippen LogP contribution in [-0.4, -0.2) is 117 Å². The molecule has 4 rings (SSSR count). The fourth-order valence-corrected chi connectivity index (χ4v) is 5.20. The van der Waals surface area contributed by atoms with Crippen molar-refractivity contribution >= 4 is 63.0 Å². The van der Waals surface area contributed by atoms with Gasteiger partial charge in [-0.2, -0.15) is 0 Å². The van der Waals surface area contributed by atoms with Crippen LogP contribution in [-0.2, 0) is 11.3 Å². The van der Waals surface area contributed by atoms with Gasteiger partial charge in [0.2, 0.25) is 0 Å². The number of nitrogens with zero attached hydrogens (tertiary/aromatic N) is 1. The number of aliphatic hydroxyl groups is 2. The number of aliphatic hydroxyl groups excluding tert-OH is 2. The number of aromatic nitrogens is 1. The van der Waals surface area contributed by atoms with Crippen LogP contribution in [0.4, 0.5) is 10.1 Å². The molecule has 0 aliphatic carbocycles. The molecule has 1 heterocycles. The van der Waals surface area contributed by atoms with E-state index >= 15 is 0 Å². The maximum atomic E-state index is 14.0.